The van der Waals surface area contributed by atoms with E-state index in [-0.39, 0.29) is 56.3 Å². The Labute approximate surface area is 317 Å². The first-order valence-electron chi connectivity index (χ1n) is 19.0. The first-order chi connectivity index (χ1) is 25.9. The van der Waals surface area contributed by atoms with Gasteiger partial charge in [-0.05, 0) is 95.1 Å². The molecule has 1 aliphatic heterocycles. The van der Waals surface area contributed by atoms with E-state index >= 15 is 0 Å². The van der Waals surface area contributed by atoms with Gasteiger partial charge in [-0.25, -0.2) is 4.79 Å². The average molecular weight is 750 g/mol. The topological polar surface area (TPSA) is 162 Å². The number of nitro benzene ring substituents is 1. The largest absolute Gasteiger partial charge is 0.459 e. The molecule has 2 aromatic rings. The molecule has 0 saturated heterocycles. The maximum Gasteiger partial charge on any atom is 0.409 e. The number of nitro groups is 1. The molecule has 1 amide bonds. The molecule has 54 heavy (non-hydrogen) atoms. The van der Waals surface area contributed by atoms with Crippen LogP contribution in [0.1, 0.15) is 84.1 Å². The van der Waals surface area contributed by atoms with Crippen LogP contribution in [0.5, 0.6) is 17.2 Å². The maximum absolute atomic E-state index is 13.6. The minimum absolute atomic E-state index is 0.0165. The second-order valence-corrected chi connectivity index (χ2v) is 15.1. The van der Waals surface area contributed by atoms with Gasteiger partial charge in [-0.15, -0.1) is 6.58 Å². The van der Waals surface area contributed by atoms with Gasteiger partial charge in [0, 0.05) is 44.2 Å². The zero-order valence-electron chi connectivity index (χ0n) is 32.1. The Bertz CT molecular complexity index is 1700. The monoisotopic (exact) mass is 749 g/mol. The number of ether oxygens (including phenoxy) is 4. The molecule has 2 N–H and O–H groups in total. The fourth-order valence-electron chi connectivity index (χ4n) is 8.13. The molecule has 1 heterocycles. The van der Waals surface area contributed by atoms with E-state index in [0.717, 1.165) is 36.8 Å². The number of fused-ring (bicyclic) bond motifs is 2. The molecule has 5 rings (SSSR count). The van der Waals surface area contributed by atoms with Crippen molar-refractivity contribution in [1.82, 2.24) is 4.90 Å². The summed E-state index contributed by atoms with van der Waals surface area (Å²) in [6, 6.07) is 10.9. The molecule has 0 aromatic heterocycles. The number of carbonyl (C=O) groups is 1. The van der Waals surface area contributed by atoms with Crippen molar-refractivity contribution >= 4 is 17.5 Å². The Hall–Kier alpha value is -4.46. The fourth-order valence-corrected chi connectivity index (χ4v) is 8.13. The zero-order valence-corrected chi connectivity index (χ0v) is 32.1. The summed E-state index contributed by atoms with van der Waals surface area (Å²) < 4.78 is 25.7. The van der Waals surface area contributed by atoms with Gasteiger partial charge in [0.1, 0.15) is 28.9 Å². The van der Waals surface area contributed by atoms with Gasteiger partial charge in [-0.3, -0.25) is 10.1 Å². The van der Waals surface area contributed by atoms with Crippen LogP contribution >= 0.6 is 0 Å². The van der Waals surface area contributed by atoms with Crippen molar-refractivity contribution in [3.05, 3.63) is 82.4 Å². The first kappa shape index (κ1) is 40.7. The quantitative estimate of drug-likeness (QED) is 0.0704. The third-order valence-electron chi connectivity index (χ3n) is 10.4. The van der Waals surface area contributed by atoms with Crippen LogP contribution in [0.15, 0.2) is 71.9 Å². The molecule has 1 saturated carbocycles. The Morgan fingerprint density at radius 2 is 1.83 bits per heavy atom. The van der Waals surface area contributed by atoms with Crippen LogP contribution in [0.4, 0.5) is 10.5 Å². The van der Waals surface area contributed by atoms with E-state index in [4.69, 9.17) is 28.9 Å². The standard InChI is InChI=1S/C41H55N3O10/c1-7-22-51-41-36(43(6)39(47)50-8-2)26-34(42-54-40(3,4)5)32-23-27(14-9-11-20-45)31(17-10-12-21-46)37(38(32)41)33-25-30(18-19-35(33)53-41)52-29-16-13-15-28(24-29)44(48)49/h7,13,15-16,18-19,23-25,27,31,36-38,45-46H,1,8-12,14,17,20-22,26H2,2-6H3/t27-,31+,36-,37+,38+,41+/m0/s1. The number of hydrogen-bond acceptors (Lipinski definition) is 11. The molecule has 13 nitrogen and oxygen atoms in total. The first-order valence-corrected chi connectivity index (χ1v) is 19.0. The Morgan fingerprint density at radius 1 is 1.11 bits per heavy atom. The van der Waals surface area contributed by atoms with Crippen molar-refractivity contribution in [2.45, 2.75) is 96.0 Å². The van der Waals surface area contributed by atoms with Crippen LogP contribution in [0.25, 0.3) is 0 Å². The second-order valence-electron chi connectivity index (χ2n) is 15.1. The van der Waals surface area contributed by atoms with Gasteiger partial charge >= 0.3 is 6.09 Å². The van der Waals surface area contributed by atoms with Gasteiger partial charge < -0.3 is 38.9 Å². The lowest BCUT2D eigenvalue weighted by atomic mass is 9.55. The Kier molecular flexibility index (Phi) is 13.4. The van der Waals surface area contributed by atoms with E-state index in [1.807, 2.05) is 32.9 Å². The number of rotatable bonds is 17. The molecule has 0 unspecified atom stereocenters. The minimum atomic E-state index is -1.41. The van der Waals surface area contributed by atoms with E-state index in [1.165, 1.54) is 17.0 Å². The van der Waals surface area contributed by atoms with E-state index in [1.54, 1.807) is 38.2 Å². The van der Waals surface area contributed by atoms with E-state index in [0.29, 0.717) is 35.8 Å². The number of oxime groups is 1. The molecular weight excluding hydrogens is 694 g/mol. The highest BCUT2D eigenvalue weighted by Gasteiger charge is 2.65. The molecule has 0 bridgehead atoms. The molecular formula is C41H55N3O10. The van der Waals surface area contributed by atoms with Gasteiger partial charge in [-0.1, -0.05) is 36.2 Å². The number of carbonyl (C=O) groups excluding carboxylic acids is 1. The smallest absolute Gasteiger partial charge is 0.409 e. The lowest BCUT2D eigenvalue weighted by molar-refractivity contribution is -0.384. The van der Waals surface area contributed by atoms with Gasteiger partial charge in [0.25, 0.3) is 5.69 Å². The van der Waals surface area contributed by atoms with E-state index in [2.05, 4.69) is 12.7 Å². The summed E-state index contributed by atoms with van der Waals surface area (Å²) in [5.74, 6) is -0.751. The fraction of sp³-hybridized carbons (Fsp3) is 0.561. The number of aliphatic hydroxyl groups is 2. The molecule has 3 aliphatic rings. The van der Waals surface area contributed by atoms with Crippen molar-refractivity contribution in [3.8, 4) is 17.2 Å². The Balaban J connectivity index is 1.76. The predicted octanol–water partition coefficient (Wildman–Crippen LogP) is 7.91. The number of likely N-dealkylation sites (N-methyl/N-ethyl adjacent to an activating group) is 1. The molecule has 0 radical (unpaired) electrons. The van der Waals surface area contributed by atoms with E-state index < -0.39 is 34.4 Å². The summed E-state index contributed by atoms with van der Waals surface area (Å²) in [5, 5.41) is 35.9. The normalized spacial score (nSPS) is 25.1. The molecule has 2 aliphatic carbocycles. The molecule has 6 atom stereocenters. The minimum Gasteiger partial charge on any atom is -0.459 e. The number of amides is 1. The van der Waals surface area contributed by atoms with Crippen LogP contribution in [0.2, 0.25) is 0 Å². The number of non-ortho nitro benzene ring substituents is 1. The van der Waals surface area contributed by atoms with Crippen molar-refractivity contribution in [2.75, 3.05) is 33.5 Å². The van der Waals surface area contributed by atoms with Gasteiger partial charge in [-0.2, -0.15) is 0 Å². The maximum atomic E-state index is 13.6. The van der Waals surface area contributed by atoms with Crippen molar-refractivity contribution < 1.29 is 43.7 Å². The third kappa shape index (κ3) is 8.90. The molecule has 294 valence electrons. The highest BCUT2D eigenvalue weighted by Crippen LogP contribution is 2.62. The van der Waals surface area contributed by atoms with Crippen LogP contribution in [0.3, 0.4) is 0 Å². The average Bonchev–Trinajstić information content (AvgIpc) is 3.14. The van der Waals surface area contributed by atoms with Crippen LogP contribution < -0.4 is 9.47 Å². The molecule has 1 fully saturated rings. The van der Waals surface area contributed by atoms with Gasteiger partial charge in [0.05, 0.1) is 35.8 Å². The lowest BCUT2D eigenvalue weighted by Gasteiger charge is -2.59. The Morgan fingerprint density at radius 3 is 2.50 bits per heavy atom. The number of nitrogens with zero attached hydrogens (tertiary/aromatic N) is 3. The number of allylic oxidation sites excluding steroid dienone is 1. The molecule has 0 spiro atoms. The number of hydrogen-bond donors (Lipinski definition) is 2. The summed E-state index contributed by atoms with van der Waals surface area (Å²) in [6.45, 7) is 11.9. The van der Waals surface area contributed by atoms with Crippen LogP contribution in [-0.2, 0) is 14.3 Å². The number of benzene rings is 2. The van der Waals surface area contributed by atoms with Crippen molar-refractivity contribution in [1.29, 1.82) is 0 Å². The summed E-state index contributed by atoms with van der Waals surface area (Å²) in [5.41, 5.74) is 1.77. The SMILES string of the molecule is C=CCO[C@@]12Oc3ccc(Oc4cccc([N+](=O)[O-])c4)cc3[C@H]3[C@H](CCCCO)[C@@H](CCCCO)C=C(C(=NOC(C)(C)C)C[C@@H]1N(C)C(=O)OCC)[C@H]32. The predicted molar refractivity (Wildman–Crippen MR) is 204 cm³/mol. The summed E-state index contributed by atoms with van der Waals surface area (Å²) >= 11 is 0. The van der Waals surface area contributed by atoms with Gasteiger partial charge in [0.15, 0.2) is 0 Å². The molecule has 13 heteroatoms. The van der Waals surface area contributed by atoms with Crippen LogP contribution in [-0.4, -0.2) is 82.7 Å². The summed E-state index contributed by atoms with van der Waals surface area (Å²) in [7, 11) is 1.68. The lowest BCUT2D eigenvalue weighted by Crippen LogP contribution is -2.69. The third-order valence-corrected chi connectivity index (χ3v) is 10.4. The highest BCUT2D eigenvalue weighted by atomic mass is 16.7. The highest BCUT2D eigenvalue weighted by molar-refractivity contribution is 6.03. The van der Waals surface area contributed by atoms with Crippen molar-refractivity contribution in [3.63, 3.8) is 0 Å². The summed E-state index contributed by atoms with van der Waals surface area (Å²) in [4.78, 5) is 32.3. The van der Waals surface area contributed by atoms with Crippen LogP contribution in [0, 0.1) is 27.9 Å². The zero-order chi connectivity index (χ0) is 39.0. The second kappa shape index (κ2) is 17.8. The summed E-state index contributed by atoms with van der Waals surface area (Å²) in [6.07, 6.45) is 8.09. The van der Waals surface area contributed by atoms with Gasteiger partial charge in [0.2, 0.25) is 5.79 Å². The number of unbranched alkanes of at least 4 members (excludes halogenated alkanes) is 2. The number of aliphatic hydroxyl groups excluding tert-OH is 2. The molecule has 2 aromatic carbocycles. The van der Waals surface area contributed by atoms with Crippen molar-refractivity contribution in [2.24, 2.45) is 22.9 Å². The van der Waals surface area contributed by atoms with E-state index in [9.17, 15) is 25.1 Å².